The van der Waals surface area contributed by atoms with Crippen LogP contribution in [0, 0.1) is 11.3 Å². The van der Waals surface area contributed by atoms with Gasteiger partial charge in [-0.15, -0.1) is 0 Å². The van der Waals surface area contributed by atoms with Crippen LogP contribution in [0.15, 0.2) is 24.5 Å². The summed E-state index contributed by atoms with van der Waals surface area (Å²) in [6.07, 6.45) is 4.43. The third-order valence-electron chi connectivity index (χ3n) is 2.23. The van der Waals surface area contributed by atoms with Crippen molar-refractivity contribution in [2.24, 2.45) is 0 Å². The molecule has 0 fully saturated rings. The van der Waals surface area contributed by atoms with Crippen LogP contribution in [0.2, 0.25) is 0 Å². The maximum Gasteiger partial charge on any atom is 0.160 e. The zero-order chi connectivity index (χ0) is 11.8. The molecule has 0 aromatic carbocycles. The van der Waals surface area contributed by atoms with E-state index in [0.717, 1.165) is 18.5 Å². The molecule has 1 rings (SSSR count). The Balaban J connectivity index is 2.28. The molecule has 1 aromatic rings. The number of pyridine rings is 1. The fourth-order valence-electron chi connectivity index (χ4n) is 1.39. The molecule has 0 bridgehead atoms. The summed E-state index contributed by atoms with van der Waals surface area (Å²) >= 11 is 0. The highest BCUT2D eigenvalue weighted by Crippen LogP contribution is 1.98. The molecule has 0 amide bonds. The second-order valence-electron chi connectivity index (χ2n) is 3.72. The van der Waals surface area contributed by atoms with Crippen molar-refractivity contribution in [3.05, 3.63) is 30.1 Å². The van der Waals surface area contributed by atoms with Gasteiger partial charge in [-0.2, -0.15) is 5.26 Å². The van der Waals surface area contributed by atoms with E-state index in [-0.39, 0.29) is 12.2 Å². The molecule has 0 spiro atoms. The van der Waals surface area contributed by atoms with Gasteiger partial charge in [0.2, 0.25) is 0 Å². The zero-order valence-corrected chi connectivity index (χ0v) is 9.39. The highest BCUT2D eigenvalue weighted by molar-refractivity contribution is 5.82. The Morgan fingerprint density at radius 3 is 3.06 bits per heavy atom. The Labute approximate surface area is 95.5 Å². The Kier molecular flexibility index (Phi) is 5.17. The van der Waals surface area contributed by atoms with Gasteiger partial charge in [0.15, 0.2) is 5.78 Å². The van der Waals surface area contributed by atoms with E-state index in [9.17, 15) is 4.79 Å². The highest BCUT2D eigenvalue weighted by Gasteiger charge is 2.05. The summed E-state index contributed by atoms with van der Waals surface area (Å²) < 4.78 is 0. The fourth-order valence-corrected chi connectivity index (χ4v) is 1.39. The summed E-state index contributed by atoms with van der Waals surface area (Å²) in [6.45, 7) is 1.14. The van der Waals surface area contributed by atoms with Crippen molar-refractivity contribution in [3.8, 4) is 6.07 Å². The minimum Gasteiger partial charge on any atom is -0.299 e. The predicted octanol–water partition coefficient (Wildman–Crippen LogP) is 1.04. The molecule has 0 unspecified atom stereocenters. The molecule has 16 heavy (non-hydrogen) atoms. The number of hydrogen-bond acceptors (Lipinski definition) is 4. The molecule has 0 aliphatic heterocycles. The molecule has 0 aliphatic carbocycles. The van der Waals surface area contributed by atoms with Crippen LogP contribution in [0.4, 0.5) is 0 Å². The van der Waals surface area contributed by atoms with Gasteiger partial charge in [0.05, 0.1) is 19.0 Å². The highest BCUT2D eigenvalue weighted by atomic mass is 16.1. The lowest BCUT2D eigenvalue weighted by molar-refractivity contribution is -0.118. The van der Waals surface area contributed by atoms with Gasteiger partial charge in [0.25, 0.3) is 0 Å². The number of nitrogens with zero attached hydrogens (tertiary/aromatic N) is 3. The number of carbonyl (C=O) groups excluding carboxylic acids is 1. The first kappa shape index (κ1) is 12.3. The Hall–Kier alpha value is -1.73. The molecule has 0 N–H and O–H groups in total. The van der Waals surface area contributed by atoms with Crippen molar-refractivity contribution in [1.29, 1.82) is 5.26 Å². The summed E-state index contributed by atoms with van der Waals surface area (Å²) in [5, 5.41) is 8.36. The van der Waals surface area contributed by atoms with Crippen LogP contribution < -0.4 is 0 Å². The van der Waals surface area contributed by atoms with Gasteiger partial charge >= 0.3 is 0 Å². The maximum atomic E-state index is 11.2. The van der Waals surface area contributed by atoms with Crippen molar-refractivity contribution >= 4 is 5.78 Å². The van der Waals surface area contributed by atoms with E-state index in [1.54, 1.807) is 6.20 Å². The Bertz CT molecular complexity index is 370. The summed E-state index contributed by atoms with van der Waals surface area (Å²) in [5.41, 5.74) is 1.15. The molecule has 4 nitrogen and oxygen atoms in total. The third-order valence-corrected chi connectivity index (χ3v) is 2.23. The number of carbonyl (C=O) groups is 1. The second kappa shape index (κ2) is 6.70. The molecule has 4 heteroatoms. The molecule has 0 saturated carbocycles. The molecular formula is C12H15N3O. The first-order valence-corrected chi connectivity index (χ1v) is 5.18. The predicted molar refractivity (Wildman–Crippen MR) is 60.7 cm³/mol. The van der Waals surface area contributed by atoms with Gasteiger partial charge in [-0.1, -0.05) is 6.07 Å². The topological polar surface area (TPSA) is 57.0 Å². The molecule has 0 atom stereocenters. The van der Waals surface area contributed by atoms with Crippen molar-refractivity contribution < 1.29 is 4.79 Å². The number of aromatic nitrogens is 1. The summed E-state index contributed by atoms with van der Waals surface area (Å²) in [6, 6.07) is 5.77. The minimum absolute atomic E-state index is 0.00275. The van der Waals surface area contributed by atoms with E-state index in [1.165, 1.54) is 0 Å². The zero-order valence-electron chi connectivity index (χ0n) is 9.39. The Morgan fingerprint density at radius 1 is 1.62 bits per heavy atom. The fraction of sp³-hybridized carbons (Fsp3) is 0.417. The Morgan fingerprint density at radius 2 is 2.44 bits per heavy atom. The maximum absolute atomic E-state index is 11.2. The lowest BCUT2D eigenvalue weighted by Crippen LogP contribution is -2.27. The van der Waals surface area contributed by atoms with Gasteiger partial charge in [-0.25, -0.2) is 0 Å². The van der Waals surface area contributed by atoms with Crippen LogP contribution in [0.1, 0.15) is 12.0 Å². The van der Waals surface area contributed by atoms with E-state index in [4.69, 9.17) is 5.26 Å². The monoisotopic (exact) mass is 217 g/mol. The molecular weight excluding hydrogens is 202 g/mol. The van der Waals surface area contributed by atoms with Gasteiger partial charge in [-0.3, -0.25) is 14.7 Å². The van der Waals surface area contributed by atoms with Crippen molar-refractivity contribution in [2.45, 2.75) is 12.8 Å². The number of ketones is 1. The first-order valence-electron chi connectivity index (χ1n) is 5.18. The summed E-state index contributed by atoms with van der Waals surface area (Å²) in [5.74, 6) is -0.0313. The lowest BCUT2D eigenvalue weighted by atomic mass is 10.2. The molecule has 84 valence electrons. The van der Waals surface area contributed by atoms with E-state index in [1.807, 2.05) is 36.3 Å². The van der Waals surface area contributed by atoms with Crippen LogP contribution >= 0.6 is 0 Å². The molecule has 0 aliphatic rings. The average molecular weight is 217 g/mol. The smallest absolute Gasteiger partial charge is 0.160 e. The molecule has 1 heterocycles. The van der Waals surface area contributed by atoms with Gasteiger partial charge in [-0.05, 0) is 25.1 Å². The largest absolute Gasteiger partial charge is 0.299 e. The van der Waals surface area contributed by atoms with E-state index >= 15 is 0 Å². The third kappa shape index (κ3) is 4.67. The number of rotatable bonds is 6. The van der Waals surface area contributed by atoms with Gasteiger partial charge < -0.3 is 0 Å². The van der Waals surface area contributed by atoms with E-state index in [0.29, 0.717) is 6.54 Å². The SMILES string of the molecule is CN(CCc1cccnc1)CC(=O)CC#N. The number of hydrogen-bond donors (Lipinski definition) is 0. The van der Waals surface area contributed by atoms with Gasteiger partial charge in [0, 0.05) is 18.9 Å². The summed E-state index contributed by atoms with van der Waals surface area (Å²) in [7, 11) is 1.88. The van der Waals surface area contributed by atoms with Crippen LogP contribution in [-0.4, -0.2) is 35.8 Å². The average Bonchev–Trinajstić information content (AvgIpc) is 2.28. The normalized spacial score (nSPS) is 10.1. The van der Waals surface area contributed by atoms with Crippen molar-refractivity contribution in [2.75, 3.05) is 20.1 Å². The number of Topliss-reactive ketones (excluding diaryl/α,β-unsaturated/α-hetero) is 1. The van der Waals surface area contributed by atoms with E-state index in [2.05, 4.69) is 4.98 Å². The molecule has 1 aromatic heterocycles. The standard InChI is InChI=1S/C12H15N3O/c1-15(10-12(16)4-6-13)8-5-11-3-2-7-14-9-11/h2-3,7,9H,4-5,8,10H2,1H3. The summed E-state index contributed by atoms with van der Waals surface area (Å²) in [4.78, 5) is 17.1. The van der Waals surface area contributed by atoms with Crippen LogP contribution in [0.3, 0.4) is 0 Å². The number of likely N-dealkylation sites (N-methyl/N-ethyl adjacent to an activating group) is 1. The lowest BCUT2D eigenvalue weighted by Gasteiger charge is -2.14. The van der Waals surface area contributed by atoms with E-state index < -0.39 is 0 Å². The molecule has 0 saturated heterocycles. The quantitative estimate of drug-likeness (QED) is 0.714. The number of nitriles is 1. The first-order chi connectivity index (χ1) is 7.72. The van der Waals surface area contributed by atoms with Crippen LogP contribution in [0.5, 0.6) is 0 Å². The van der Waals surface area contributed by atoms with Gasteiger partial charge in [0.1, 0.15) is 0 Å². The van der Waals surface area contributed by atoms with Crippen LogP contribution in [-0.2, 0) is 11.2 Å². The van der Waals surface area contributed by atoms with Crippen LogP contribution in [0.25, 0.3) is 0 Å². The minimum atomic E-state index is -0.0313. The van der Waals surface area contributed by atoms with Crippen molar-refractivity contribution in [3.63, 3.8) is 0 Å². The molecule has 0 radical (unpaired) electrons. The van der Waals surface area contributed by atoms with Crippen molar-refractivity contribution in [1.82, 2.24) is 9.88 Å². The second-order valence-corrected chi connectivity index (χ2v) is 3.72.